The van der Waals surface area contributed by atoms with Crippen LogP contribution in [0.5, 0.6) is 0 Å². The van der Waals surface area contributed by atoms with Gasteiger partial charge in [0.15, 0.2) is 11.6 Å². The summed E-state index contributed by atoms with van der Waals surface area (Å²) in [6.07, 6.45) is 3.13. The summed E-state index contributed by atoms with van der Waals surface area (Å²) >= 11 is 0. The van der Waals surface area contributed by atoms with Crippen LogP contribution in [0.25, 0.3) is 11.4 Å². The number of fused-ring (bicyclic) bond motifs is 3. The van der Waals surface area contributed by atoms with Crippen LogP contribution in [0.1, 0.15) is 16.1 Å². The van der Waals surface area contributed by atoms with E-state index >= 15 is 0 Å². The molecule has 2 heterocycles. The van der Waals surface area contributed by atoms with Crippen molar-refractivity contribution in [2.45, 2.75) is 0 Å². The van der Waals surface area contributed by atoms with Gasteiger partial charge in [-0.15, -0.1) is 0 Å². The number of carbonyl (C=O) groups excluding carboxylic acids is 2. The lowest BCUT2D eigenvalue weighted by Crippen LogP contribution is -2.15. The molecule has 1 aromatic heterocycles. The number of rotatable bonds is 1. The van der Waals surface area contributed by atoms with Crippen LogP contribution in [0.3, 0.4) is 0 Å². The van der Waals surface area contributed by atoms with Crippen LogP contribution >= 0.6 is 0 Å². The van der Waals surface area contributed by atoms with Gasteiger partial charge in [-0.1, -0.05) is 0 Å². The highest BCUT2D eigenvalue weighted by Gasteiger charge is 2.21. The number of imidazole rings is 1. The molecule has 0 radical (unpaired) electrons. The molecule has 3 rings (SSSR count). The lowest BCUT2D eigenvalue weighted by Gasteiger charge is -2.21. The third kappa shape index (κ3) is 1.63. The molecule has 0 unspecified atom stereocenters. The fourth-order valence-corrected chi connectivity index (χ4v) is 2.03. The number of benzene rings is 1. The minimum absolute atomic E-state index is 0.316. The van der Waals surface area contributed by atoms with Crippen molar-refractivity contribution < 1.29 is 14.3 Å². The summed E-state index contributed by atoms with van der Waals surface area (Å²) in [4.78, 5) is 26.4. The summed E-state index contributed by atoms with van der Waals surface area (Å²) in [5.74, 6) is 1.42. The van der Waals surface area contributed by atoms with E-state index < -0.39 is 5.97 Å². The number of ether oxygens (including phenoxy) is 1. The largest absolute Gasteiger partial charge is 0.465 e. The first-order valence-electron chi connectivity index (χ1n) is 5.52. The number of nitrogens with zero attached hydrogens (tertiary/aromatic N) is 2. The van der Waals surface area contributed by atoms with Crippen LogP contribution in [0.4, 0.5) is 5.69 Å². The van der Waals surface area contributed by atoms with E-state index in [1.807, 2.05) is 5.94 Å². The van der Waals surface area contributed by atoms with Gasteiger partial charge < -0.3 is 10.1 Å². The van der Waals surface area contributed by atoms with E-state index in [1.165, 1.54) is 7.11 Å². The predicted molar refractivity (Wildman–Crippen MR) is 67.6 cm³/mol. The molecule has 0 bridgehead atoms. The Morgan fingerprint density at radius 1 is 1.47 bits per heavy atom. The molecular formula is C13H9N3O3. The molecule has 19 heavy (non-hydrogen) atoms. The van der Waals surface area contributed by atoms with Gasteiger partial charge in [-0.2, -0.15) is 0 Å². The van der Waals surface area contributed by atoms with Crippen molar-refractivity contribution in [3.05, 3.63) is 42.0 Å². The molecule has 1 aliphatic heterocycles. The Balaban J connectivity index is 2.21. The Kier molecular flexibility index (Phi) is 2.44. The van der Waals surface area contributed by atoms with Gasteiger partial charge >= 0.3 is 5.97 Å². The number of aromatic nitrogens is 2. The van der Waals surface area contributed by atoms with Crippen LogP contribution in [0, 0.1) is 0 Å². The molecule has 0 saturated carbocycles. The molecule has 0 saturated heterocycles. The molecule has 0 atom stereocenters. The predicted octanol–water partition coefficient (Wildman–Crippen LogP) is 1.26. The maximum atomic E-state index is 11.5. The second-order valence-electron chi connectivity index (χ2n) is 3.97. The summed E-state index contributed by atoms with van der Waals surface area (Å²) in [6.45, 7) is 0. The number of carbonyl (C=O) groups is 1. The first kappa shape index (κ1) is 11.3. The van der Waals surface area contributed by atoms with Gasteiger partial charge in [0.2, 0.25) is 0 Å². The Hall–Kier alpha value is -2.85. The molecule has 1 aromatic carbocycles. The van der Waals surface area contributed by atoms with E-state index in [4.69, 9.17) is 0 Å². The van der Waals surface area contributed by atoms with Gasteiger partial charge in [0, 0.05) is 0 Å². The Labute approximate surface area is 108 Å². The first-order chi connectivity index (χ1) is 9.24. The maximum absolute atomic E-state index is 11.5. The number of hydrogen-bond donors (Lipinski definition) is 1. The molecule has 0 fully saturated rings. The monoisotopic (exact) mass is 255 g/mol. The number of methoxy groups -OCH3 is 1. The van der Waals surface area contributed by atoms with Crippen molar-refractivity contribution in [1.82, 2.24) is 9.55 Å². The van der Waals surface area contributed by atoms with Crippen molar-refractivity contribution in [2.75, 3.05) is 12.4 Å². The van der Waals surface area contributed by atoms with Gasteiger partial charge in [0.1, 0.15) is 5.69 Å². The molecular weight excluding hydrogens is 246 g/mol. The van der Waals surface area contributed by atoms with Gasteiger partial charge in [-0.25, -0.2) is 14.6 Å². The second kappa shape index (κ2) is 4.12. The standard InChI is InChI=1S/C13H9N3O3/c1-19-13(18)8-2-3-9-11(4-8)16-7-14-5-12(16)10(6-17)15-9/h2-5,7,15H,1H3. The maximum Gasteiger partial charge on any atom is 0.337 e. The van der Waals surface area contributed by atoms with E-state index in [1.54, 1.807) is 35.3 Å². The number of nitrogens with one attached hydrogen (secondary N) is 1. The van der Waals surface area contributed by atoms with E-state index in [9.17, 15) is 9.59 Å². The Morgan fingerprint density at radius 3 is 3.05 bits per heavy atom. The topological polar surface area (TPSA) is 73.2 Å². The Bertz CT molecular complexity index is 726. The zero-order chi connectivity index (χ0) is 13.4. The number of esters is 1. The summed E-state index contributed by atoms with van der Waals surface area (Å²) in [5, 5.41) is 2.95. The molecule has 1 N–H and O–H groups in total. The highest BCUT2D eigenvalue weighted by atomic mass is 16.5. The van der Waals surface area contributed by atoms with Crippen molar-refractivity contribution in [3.63, 3.8) is 0 Å². The quantitative estimate of drug-likeness (QED) is 0.613. The fraction of sp³-hybridized carbons (Fsp3) is 0.0769. The SMILES string of the molecule is COC(=O)c1ccc2c(c1)-n1cncc1C(=C=O)N2. The summed E-state index contributed by atoms with van der Waals surface area (Å²) in [5.41, 5.74) is 2.78. The van der Waals surface area contributed by atoms with Gasteiger partial charge in [0.05, 0.1) is 36.6 Å². The fourth-order valence-electron chi connectivity index (χ4n) is 2.03. The van der Waals surface area contributed by atoms with Gasteiger partial charge in [-0.3, -0.25) is 4.57 Å². The second-order valence-corrected chi connectivity index (χ2v) is 3.97. The van der Waals surface area contributed by atoms with Crippen LogP contribution in [-0.2, 0) is 9.53 Å². The lowest BCUT2D eigenvalue weighted by molar-refractivity contribution is 0.0600. The van der Waals surface area contributed by atoms with E-state index in [2.05, 4.69) is 15.0 Å². The average molecular weight is 255 g/mol. The smallest absolute Gasteiger partial charge is 0.337 e. The van der Waals surface area contributed by atoms with E-state index in [0.29, 0.717) is 22.6 Å². The van der Waals surface area contributed by atoms with E-state index in [0.717, 1.165) is 5.69 Å². The summed E-state index contributed by atoms with van der Waals surface area (Å²) < 4.78 is 6.41. The molecule has 0 amide bonds. The zero-order valence-corrected chi connectivity index (χ0v) is 10.0. The zero-order valence-electron chi connectivity index (χ0n) is 10.0. The van der Waals surface area contributed by atoms with Crippen LogP contribution in [0.15, 0.2) is 30.7 Å². The normalized spacial score (nSPS) is 11.9. The van der Waals surface area contributed by atoms with Crippen molar-refractivity contribution in [1.29, 1.82) is 0 Å². The summed E-state index contributed by atoms with van der Waals surface area (Å²) in [6, 6.07) is 5.02. The van der Waals surface area contributed by atoms with E-state index in [-0.39, 0.29) is 0 Å². The molecule has 2 aromatic rings. The minimum Gasteiger partial charge on any atom is -0.465 e. The summed E-state index contributed by atoms with van der Waals surface area (Å²) in [7, 11) is 1.33. The molecule has 94 valence electrons. The van der Waals surface area contributed by atoms with Crippen LogP contribution in [-0.4, -0.2) is 28.6 Å². The molecule has 0 spiro atoms. The third-order valence-electron chi connectivity index (χ3n) is 2.93. The average Bonchev–Trinajstić information content (AvgIpc) is 2.94. The van der Waals surface area contributed by atoms with Crippen molar-refractivity contribution >= 4 is 23.3 Å². The molecule has 6 heteroatoms. The van der Waals surface area contributed by atoms with Crippen LogP contribution < -0.4 is 5.32 Å². The molecule has 1 aliphatic rings. The van der Waals surface area contributed by atoms with Crippen LogP contribution in [0.2, 0.25) is 0 Å². The van der Waals surface area contributed by atoms with Crippen molar-refractivity contribution in [2.24, 2.45) is 0 Å². The highest BCUT2D eigenvalue weighted by molar-refractivity contribution is 5.98. The first-order valence-corrected chi connectivity index (χ1v) is 5.52. The molecule has 0 aliphatic carbocycles. The third-order valence-corrected chi connectivity index (χ3v) is 2.93. The highest BCUT2D eigenvalue weighted by Crippen LogP contribution is 2.31. The number of hydrogen-bond acceptors (Lipinski definition) is 5. The molecule has 6 nitrogen and oxygen atoms in total. The Morgan fingerprint density at radius 2 is 2.32 bits per heavy atom. The van der Waals surface area contributed by atoms with Crippen molar-refractivity contribution in [3.8, 4) is 5.69 Å². The van der Waals surface area contributed by atoms with Gasteiger partial charge in [0.25, 0.3) is 0 Å². The van der Waals surface area contributed by atoms with Gasteiger partial charge in [-0.05, 0) is 18.2 Å². The number of anilines is 1. The minimum atomic E-state index is -0.416. The lowest BCUT2D eigenvalue weighted by atomic mass is 10.1.